The summed E-state index contributed by atoms with van der Waals surface area (Å²) in [5.41, 5.74) is 2.75. The van der Waals surface area contributed by atoms with Crippen LogP contribution in [0.15, 0.2) is 36.5 Å². The molecule has 0 aliphatic carbocycles. The van der Waals surface area contributed by atoms with E-state index in [2.05, 4.69) is 11.1 Å². The molecular formula is C18H6Cl6N2. The van der Waals surface area contributed by atoms with Crippen LogP contribution in [0, 0.1) is 11.3 Å². The average Bonchev–Trinajstić information content (AvgIpc) is 2.62. The van der Waals surface area contributed by atoms with Crippen LogP contribution in [-0.2, 0) is 0 Å². The minimum absolute atomic E-state index is 0.255. The van der Waals surface area contributed by atoms with Gasteiger partial charge in [-0.1, -0.05) is 69.6 Å². The van der Waals surface area contributed by atoms with E-state index in [0.29, 0.717) is 48.0 Å². The van der Waals surface area contributed by atoms with Gasteiger partial charge >= 0.3 is 0 Å². The molecule has 0 saturated heterocycles. The van der Waals surface area contributed by atoms with Gasteiger partial charge in [0.2, 0.25) is 0 Å². The van der Waals surface area contributed by atoms with Crippen molar-refractivity contribution >= 4 is 69.6 Å². The van der Waals surface area contributed by atoms with Crippen LogP contribution < -0.4 is 0 Å². The fourth-order valence-corrected chi connectivity index (χ4v) is 3.54. The molecule has 1 heterocycles. The van der Waals surface area contributed by atoms with E-state index in [4.69, 9.17) is 69.6 Å². The van der Waals surface area contributed by atoms with Crippen molar-refractivity contribution in [2.75, 3.05) is 0 Å². The predicted molar refractivity (Wildman–Crippen MR) is 110 cm³/mol. The maximum absolute atomic E-state index is 9.55. The lowest BCUT2D eigenvalue weighted by atomic mass is 10.0. The molecule has 2 aromatic carbocycles. The van der Waals surface area contributed by atoms with Crippen molar-refractivity contribution in [2.24, 2.45) is 0 Å². The third kappa shape index (κ3) is 3.75. The van der Waals surface area contributed by atoms with E-state index in [9.17, 15) is 5.26 Å². The van der Waals surface area contributed by atoms with Crippen LogP contribution in [0.5, 0.6) is 0 Å². The van der Waals surface area contributed by atoms with Gasteiger partial charge in [-0.3, -0.25) is 4.98 Å². The summed E-state index contributed by atoms with van der Waals surface area (Å²) in [5, 5.41) is 11.3. The van der Waals surface area contributed by atoms with Gasteiger partial charge in [0, 0.05) is 17.3 Å². The average molecular weight is 463 g/mol. The second-order valence-electron chi connectivity index (χ2n) is 5.23. The van der Waals surface area contributed by atoms with Gasteiger partial charge in [-0.05, 0) is 35.9 Å². The minimum Gasteiger partial charge on any atom is -0.256 e. The molecule has 0 unspecified atom stereocenters. The second kappa shape index (κ2) is 7.82. The number of rotatable bonds is 2. The van der Waals surface area contributed by atoms with Crippen molar-refractivity contribution in [1.82, 2.24) is 4.98 Å². The van der Waals surface area contributed by atoms with Gasteiger partial charge in [0.15, 0.2) is 0 Å². The Labute approximate surface area is 179 Å². The molecule has 0 bridgehead atoms. The van der Waals surface area contributed by atoms with Gasteiger partial charge in [0.25, 0.3) is 0 Å². The molecule has 26 heavy (non-hydrogen) atoms. The van der Waals surface area contributed by atoms with E-state index < -0.39 is 0 Å². The molecule has 0 aliphatic rings. The maximum atomic E-state index is 9.55. The number of nitrogens with zero attached hydrogens (tertiary/aromatic N) is 2. The van der Waals surface area contributed by atoms with Crippen molar-refractivity contribution in [3.05, 3.63) is 72.2 Å². The number of hydrogen-bond acceptors (Lipinski definition) is 2. The van der Waals surface area contributed by atoms with E-state index in [1.807, 2.05) is 0 Å². The van der Waals surface area contributed by atoms with Crippen LogP contribution >= 0.6 is 69.6 Å². The summed E-state index contributed by atoms with van der Waals surface area (Å²) in [6.07, 6.45) is 1.56. The Kier molecular flexibility index (Phi) is 5.89. The SMILES string of the molecule is N#Cc1cc(-c2cc(Cl)c(Cl)c(Cl)c2)ncc1-c1cc(Cl)c(Cl)c(Cl)c1. The second-order valence-corrected chi connectivity index (χ2v) is 7.62. The number of hydrogen-bond donors (Lipinski definition) is 0. The Bertz CT molecular complexity index is 1030. The largest absolute Gasteiger partial charge is 0.256 e. The molecule has 0 saturated carbocycles. The standard InChI is InChI=1S/C18H6Cl6N2/c19-12-1-8(2-13(20)17(12)23)11-7-26-16(5-10(11)6-25)9-3-14(21)18(24)15(22)4-9/h1-5,7H. The Balaban J connectivity index is 2.14. The molecule has 8 heteroatoms. The molecule has 0 N–H and O–H groups in total. The number of pyridine rings is 1. The monoisotopic (exact) mass is 460 g/mol. The van der Waals surface area contributed by atoms with Crippen molar-refractivity contribution in [1.29, 1.82) is 5.26 Å². The van der Waals surface area contributed by atoms with Gasteiger partial charge in [-0.15, -0.1) is 0 Å². The highest BCUT2D eigenvalue weighted by Crippen LogP contribution is 2.38. The van der Waals surface area contributed by atoms with E-state index in [0.717, 1.165) is 0 Å². The molecule has 2 nitrogen and oxygen atoms in total. The highest BCUT2D eigenvalue weighted by atomic mass is 35.5. The third-order valence-electron chi connectivity index (χ3n) is 3.60. The van der Waals surface area contributed by atoms with E-state index in [-0.39, 0.29) is 10.0 Å². The quantitative estimate of drug-likeness (QED) is 0.360. The molecule has 130 valence electrons. The zero-order valence-electron chi connectivity index (χ0n) is 12.6. The number of halogens is 6. The number of aromatic nitrogens is 1. The molecule has 0 aliphatic heterocycles. The van der Waals surface area contributed by atoms with Gasteiger partial charge in [0.1, 0.15) is 0 Å². The summed E-state index contributed by atoms with van der Waals surface area (Å²) in [7, 11) is 0. The predicted octanol–water partition coefficient (Wildman–Crippen LogP) is 8.21. The van der Waals surface area contributed by atoms with Crippen molar-refractivity contribution in [3.63, 3.8) is 0 Å². The molecule has 0 atom stereocenters. The van der Waals surface area contributed by atoms with Crippen LogP contribution in [0.2, 0.25) is 30.1 Å². The first-order valence-electron chi connectivity index (χ1n) is 7.01. The fourth-order valence-electron chi connectivity index (χ4n) is 2.35. The van der Waals surface area contributed by atoms with Gasteiger partial charge < -0.3 is 0 Å². The van der Waals surface area contributed by atoms with Crippen LogP contribution in [0.1, 0.15) is 5.56 Å². The summed E-state index contributed by atoms with van der Waals surface area (Å²) in [5.74, 6) is 0. The summed E-state index contributed by atoms with van der Waals surface area (Å²) < 4.78 is 0. The molecule has 0 fully saturated rings. The summed E-state index contributed by atoms with van der Waals surface area (Å²) >= 11 is 36.2. The first-order valence-corrected chi connectivity index (χ1v) is 9.28. The Hall–Kier alpha value is -1.18. The number of benzene rings is 2. The highest BCUT2D eigenvalue weighted by Gasteiger charge is 2.14. The summed E-state index contributed by atoms with van der Waals surface area (Å²) in [6.45, 7) is 0. The first kappa shape index (κ1) is 19.6. The molecule has 3 aromatic rings. The normalized spacial score (nSPS) is 10.7. The molecule has 0 radical (unpaired) electrons. The molecular weight excluding hydrogens is 457 g/mol. The van der Waals surface area contributed by atoms with E-state index in [1.54, 1.807) is 36.5 Å². The zero-order valence-corrected chi connectivity index (χ0v) is 17.2. The minimum atomic E-state index is 0.255. The topological polar surface area (TPSA) is 36.7 Å². The van der Waals surface area contributed by atoms with Crippen LogP contribution in [-0.4, -0.2) is 4.98 Å². The van der Waals surface area contributed by atoms with Gasteiger partial charge in [-0.25, -0.2) is 0 Å². The van der Waals surface area contributed by atoms with Crippen molar-refractivity contribution in [2.45, 2.75) is 0 Å². The summed E-state index contributed by atoms with van der Waals surface area (Å²) in [4.78, 5) is 4.40. The Morgan fingerprint density at radius 3 is 1.62 bits per heavy atom. The van der Waals surface area contributed by atoms with Crippen molar-refractivity contribution < 1.29 is 0 Å². The highest BCUT2D eigenvalue weighted by molar-refractivity contribution is 6.49. The lowest BCUT2D eigenvalue weighted by Crippen LogP contribution is -1.92. The lowest BCUT2D eigenvalue weighted by molar-refractivity contribution is 1.31. The van der Waals surface area contributed by atoms with E-state index >= 15 is 0 Å². The van der Waals surface area contributed by atoms with Crippen LogP contribution in [0.4, 0.5) is 0 Å². The summed E-state index contributed by atoms with van der Waals surface area (Å²) in [6, 6.07) is 10.3. The third-order valence-corrected chi connectivity index (χ3v) is 5.99. The molecule has 0 amide bonds. The molecule has 0 spiro atoms. The molecule has 1 aromatic heterocycles. The Morgan fingerprint density at radius 2 is 1.15 bits per heavy atom. The number of nitriles is 1. The van der Waals surface area contributed by atoms with Gasteiger partial charge in [-0.2, -0.15) is 5.26 Å². The first-order chi connectivity index (χ1) is 12.3. The smallest absolute Gasteiger partial charge is 0.0999 e. The van der Waals surface area contributed by atoms with Gasteiger partial charge in [0.05, 0.1) is 47.5 Å². The lowest BCUT2D eigenvalue weighted by Gasteiger charge is -2.10. The Morgan fingerprint density at radius 1 is 0.692 bits per heavy atom. The molecule has 3 rings (SSSR count). The van der Waals surface area contributed by atoms with E-state index in [1.165, 1.54) is 0 Å². The zero-order chi connectivity index (χ0) is 19.0. The maximum Gasteiger partial charge on any atom is 0.0999 e. The van der Waals surface area contributed by atoms with Crippen molar-refractivity contribution in [3.8, 4) is 28.5 Å². The fraction of sp³-hybridized carbons (Fsp3) is 0. The van der Waals surface area contributed by atoms with Crippen LogP contribution in [0.3, 0.4) is 0 Å². The van der Waals surface area contributed by atoms with Crippen LogP contribution in [0.25, 0.3) is 22.4 Å².